The maximum atomic E-state index is 13.9. The third kappa shape index (κ3) is 3.58. The lowest BCUT2D eigenvalue weighted by molar-refractivity contribution is -0.199. The highest BCUT2D eigenvalue weighted by molar-refractivity contribution is 5.72. The molecule has 11 heteroatoms. The summed E-state index contributed by atoms with van der Waals surface area (Å²) in [6, 6.07) is 4.90. The Labute approximate surface area is 193 Å². The lowest BCUT2D eigenvalue weighted by Gasteiger charge is -2.44. The molecule has 4 heterocycles. The standard InChI is InChI=1S/C23H24F3N7O/c24-23(25,26)22-6-5-15(30-22)8-17(9-22)33(16-2-3-16)20-12-27-21(32-31-20)18-4-1-13(7-19(18)34)14-10-28-29-11-14/h1,4,7,10-12,15-17,30,34H,2-3,5-6,8-9H2,(H,28,29)/t15-,17-,22+/m1/s1. The van der Waals surface area contributed by atoms with Crippen molar-refractivity contribution < 1.29 is 18.3 Å². The summed E-state index contributed by atoms with van der Waals surface area (Å²) in [4.78, 5) is 6.42. The van der Waals surface area contributed by atoms with Crippen LogP contribution in [0, 0.1) is 0 Å². The van der Waals surface area contributed by atoms with E-state index in [4.69, 9.17) is 0 Å². The van der Waals surface area contributed by atoms with Crippen LogP contribution >= 0.6 is 0 Å². The van der Waals surface area contributed by atoms with Gasteiger partial charge in [-0.15, -0.1) is 10.2 Å². The third-order valence-electron chi connectivity index (χ3n) is 7.30. The van der Waals surface area contributed by atoms with Gasteiger partial charge in [-0.05, 0) is 56.2 Å². The van der Waals surface area contributed by atoms with Crippen molar-refractivity contribution in [1.82, 2.24) is 30.7 Å². The van der Waals surface area contributed by atoms with Crippen molar-refractivity contribution in [3.8, 4) is 28.3 Å². The van der Waals surface area contributed by atoms with Gasteiger partial charge in [0.25, 0.3) is 0 Å². The van der Waals surface area contributed by atoms with Crippen molar-refractivity contribution in [3.63, 3.8) is 0 Å². The fraction of sp³-hybridized carbons (Fsp3) is 0.478. The molecule has 0 spiro atoms. The second-order valence-corrected chi connectivity index (χ2v) is 9.55. The highest BCUT2D eigenvalue weighted by Crippen LogP contribution is 2.49. The Bertz CT molecular complexity index is 1180. The first-order chi connectivity index (χ1) is 16.3. The summed E-state index contributed by atoms with van der Waals surface area (Å²) in [5, 5.41) is 28.6. The number of rotatable bonds is 5. The van der Waals surface area contributed by atoms with Crippen molar-refractivity contribution in [2.24, 2.45) is 0 Å². The van der Waals surface area contributed by atoms with Crippen molar-refractivity contribution in [1.29, 1.82) is 0 Å². The molecule has 0 amide bonds. The van der Waals surface area contributed by atoms with Gasteiger partial charge in [-0.25, -0.2) is 4.98 Å². The Balaban J connectivity index is 1.26. The SMILES string of the molecule is Oc1cc(-c2cn[nH]c2)ccc1-c1ncc(N(C2CC2)[C@@H]2C[C@H]3CC[C@@](C(F)(F)F)(C2)N3)nn1. The number of halogens is 3. The molecule has 6 rings (SSSR count). The molecule has 1 aliphatic carbocycles. The van der Waals surface area contributed by atoms with E-state index >= 15 is 0 Å². The first-order valence-corrected chi connectivity index (χ1v) is 11.5. The molecule has 34 heavy (non-hydrogen) atoms. The zero-order chi connectivity index (χ0) is 23.5. The number of aromatic nitrogens is 5. The van der Waals surface area contributed by atoms with Crippen molar-refractivity contribution in [2.75, 3.05) is 4.90 Å². The number of aromatic hydroxyl groups is 1. The first kappa shape index (κ1) is 21.3. The minimum absolute atomic E-state index is 0.00317. The van der Waals surface area contributed by atoms with E-state index in [9.17, 15) is 18.3 Å². The van der Waals surface area contributed by atoms with Crippen LogP contribution in [0.4, 0.5) is 19.0 Å². The molecule has 178 valence electrons. The zero-order valence-corrected chi connectivity index (χ0v) is 18.3. The smallest absolute Gasteiger partial charge is 0.406 e. The Morgan fingerprint density at radius 3 is 2.56 bits per heavy atom. The van der Waals surface area contributed by atoms with E-state index < -0.39 is 11.7 Å². The molecule has 0 unspecified atom stereocenters. The molecule has 3 aromatic rings. The number of nitrogens with zero attached hydrogens (tertiary/aromatic N) is 5. The van der Waals surface area contributed by atoms with Crippen LogP contribution in [0.3, 0.4) is 0 Å². The zero-order valence-electron chi connectivity index (χ0n) is 18.3. The fourth-order valence-corrected chi connectivity index (χ4v) is 5.50. The van der Waals surface area contributed by atoms with Gasteiger partial charge >= 0.3 is 6.18 Å². The van der Waals surface area contributed by atoms with Crippen LogP contribution in [0.1, 0.15) is 38.5 Å². The van der Waals surface area contributed by atoms with E-state index in [1.165, 1.54) is 0 Å². The second-order valence-electron chi connectivity index (χ2n) is 9.55. The minimum atomic E-state index is -4.29. The molecule has 0 radical (unpaired) electrons. The summed E-state index contributed by atoms with van der Waals surface area (Å²) in [7, 11) is 0. The lowest BCUT2D eigenvalue weighted by Crippen LogP contribution is -2.62. The molecule has 2 bridgehead atoms. The molecule has 3 atom stereocenters. The number of hydrogen-bond donors (Lipinski definition) is 3. The number of H-pyrrole nitrogens is 1. The molecule has 8 nitrogen and oxygen atoms in total. The first-order valence-electron chi connectivity index (χ1n) is 11.5. The van der Waals surface area contributed by atoms with E-state index in [0.717, 1.165) is 24.0 Å². The molecule has 3 aliphatic rings. The fourth-order valence-electron chi connectivity index (χ4n) is 5.50. The van der Waals surface area contributed by atoms with E-state index in [1.807, 2.05) is 11.0 Å². The van der Waals surface area contributed by atoms with E-state index in [0.29, 0.717) is 24.2 Å². The number of alkyl halides is 3. The summed E-state index contributed by atoms with van der Waals surface area (Å²) in [5.74, 6) is 0.756. The van der Waals surface area contributed by atoms with Crippen molar-refractivity contribution in [3.05, 3.63) is 36.8 Å². The predicted octanol–water partition coefficient (Wildman–Crippen LogP) is 3.82. The van der Waals surface area contributed by atoms with Gasteiger partial charge in [-0.1, -0.05) is 6.07 Å². The molecule has 3 fully saturated rings. The minimum Gasteiger partial charge on any atom is -0.507 e. The number of piperidine rings is 1. The van der Waals surface area contributed by atoms with Crippen LogP contribution in [-0.2, 0) is 0 Å². The predicted molar refractivity (Wildman–Crippen MR) is 118 cm³/mol. The number of hydrogen-bond acceptors (Lipinski definition) is 7. The van der Waals surface area contributed by atoms with Gasteiger partial charge in [0.15, 0.2) is 11.6 Å². The molecule has 1 aromatic carbocycles. The van der Waals surface area contributed by atoms with E-state index in [-0.39, 0.29) is 42.5 Å². The molecular formula is C23H24F3N7O. The van der Waals surface area contributed by atoms with Gasteiger partial charge in [-0.3, -0.25) is 5.10 Å². The Hall–Kier alpha value is -3.21. The van der Waals surface area contributed by atoms with Gasteiger partial charge in [0.2, 0.25) is 0 Å². The van der Waals surface area contributed by atoms with Crippen LogP contribution < -0.4 is 10.2 Å². The number of phenolic OH excluding ortho intramolecular Hbond substituents is 1. The van der Waals surface area contributed by atoms with Gasteiger partial charge in [-0.2, -0.15) is 18.3 Å². The number of fused-ring (bicyclic) bond motifs is 2. The van der Waals surface area contributed by atoms with Crippen molar-refractivity contribution >= 4 is 5.82 Å². The average Bonchev–Trinajstić information content (AvgIpc) is 3.36. The number of aromatic amines is 1. The van der Waals surface area contributed by atoms with Crippen LogP contribution in [0.5, 0.6) is 5.75 Å². The molecule has 3 N–H and O–H groups in total. The largest absolute Gasteiger partial charge is 0.507 e. The Morgan fingerprint density at radius 1 is 1.06 bits per heavy atom. The highest BCUT2D eigenvalue weighted by Gasteiger charge is 2.62. The van der Waals surface area contributed by atoms with Crippen LogP contribution in [0.15, 0.2) is 36.8 Å². The number of anilines is 1. The quantitative estimate of drug-likeness (QED) is 0.520. The highest BCUT2D eigenvalue weighted by atomic mass is 19.4. The number of phenols is 1. The number of benzene rings is 1. The molecular weight excluding hydrogens is 447 g/mol. The van der Waals surface area contributed by atoms with Gasteiger partial charge in [0, 0.05) is 29.9 Å². The average molecular weight is 471 g/mol. The summed E-state index contributed by atoms with van der Waals surface area (Å²) in [6.45, 7) is 0. The van der Waals surface area contributed by atoms with Gasteiger partial charge in [0.05, 0.1) is 18.0 Å². The normalized spacial score (nSPS) is 26.6. The topological polar surface area (TPSA) is 103 Å². The van der Waals surface area contributed by atoms with Gasteiger partial charge in [0.1, 0.15) is 11.3 Å². The lowest BCUT2D eigenvalue weighted by atomic mass is 9.86. The van der Waals surface area contributed by atoms with Gasteiger partial charge < -0.3 is 15.3 Å². The summed E-state index contributed by atoms with van der Waals surface area (Å²) < 4.78 is 41.8. The Morgan fingerprint density at radius 2 is 1.91 bits per heavy atom. The van der Waals surface area contributed by atoms with Crippen LogP contribution in [-0.4, -0.2) is 60.3 Å². The molecule has 2 aliphatic heterocycles. The Kier molecular flexibility index (Phi) is 4.80. The van der Waals surface area contributed by atoms with Crippen LogP contribution in [0.25, 0.3) is 22.5 Å². The third-order valence-corrected chi connectivity index (χ3v) is 7.30. The maximum Gasteiger partial charge on any atom is 0.406 e. The number of nitrogens with one attached hydrogen (secondary N) is 2. The maximum absolute atomic E-state index is 13.9. The molecule has 2 aromatic heterocycles. The van der Waals surface area contributed by atoms with E-state index in [1.54, 1.807) is 30.7 Å². The molecule has 1 saturated carbocycles. The van der Waals surface area contributed by atoms with E-state index in [2.05, 4.69) is 30.7 Å². The molecule has 2 saturated heterocycles. The summed E-state index contributed by atoms with van der Waals surface area (Å²) >= 11 is 0. The monoisotopic (exact) mass is 471 g/mol. The summed E-state index contributed by atoms with van der Waals surface area (Å²) in [6.07, 6.45) is 3.81. The van der Waals surface area contributed by atoms with Crippen LogP contribution in [0.2, 0.25) is 0 Å². The van der Waals surface area contributed by atoms with Crippen molar-refractivity contribution in [2.45, 2.75) is 68.4 Å². The second kappa shape index (κ2) is 7.66. The summed E-state index contributed by atoms with van der Waals surface area (Å²) in [5.41, 5.74) is 0.236.